The van der Waals surface area contributed by atoms with Gasteiger partial charge in [0.05, 0.1) is 18.3 Å². The molecule has 4 rings (SSSR count). The zero-order valence-electron chi connectivity index (χ0n) is 14.9. The molecule has 1 fully saturated rings. The summed E-state index contributed by atoms with van der Waals surface area (Å²) in [5, 5.41) is 12.1. The second kappa shape index (κ2) is 7.53. The van der Waals surface area contributed by atoms with Crippen molar-refractivity contribution >= 4 is 44.5 Å². The first kappa shape index (κ1) is 18.9. The number of phenols is 1. The van der Waals surface area contributed by atoms with Crippen molar-refractivity contribution in [3.8, 4) is 11.5 Å². The van der Waals surface area contributed by atoms with Crippen molar-refractivity contribution in [1.82, 2.24) is 9.88 Å². The van der Waals surface area contributed by atoms with E-state index in [4.69, 9.17) is 21.3 Å². The molecule has 3 atom stereocenters. The van der Waals surface area contributed by atoms with Gasteiger partial charge in [-0.25, -0.2) is 0 Å². The number of thioether (sulfide) groups is 1. The fourth-order valence-electron chi connectivity index (χ4n) is 3.55. The second-order valence-electron chi connectivity index (χ2n) is 6.51. The molecule has 1 N–H and O–H groups in total. The molecule has 5 nitrogen and oxygen atoms in total. The molecule has 0 spiro atoms. The van der Waals surface area contributed by atoms with E-state index in [0.717, 1.165) is 23.0 Å². The van der Waals surface area contributed by atoms with Gasteiger partial charge in [0.1, 0.15) is 11.1 Å². The lowest BCUT2D eigenvalue weighted by Gasteiger charge is -2.29. The Morgan fingerprint density at radius 3 is 2.96 bits per heavy atom. The van der Waals surface area contributed by atoms with Gasteiger partial charge in [-0.2, -0.15) is 0 Å². The van der Waals surface area contributed by atoms with Crippen LogP contribution >= 0.6 is 39.3 Å². The summed E-state index contributed by atoms with van der Waals surface area (Å²) in [5.41, 5.74) is 1.84. The third kappa shape index (κ3) is 3.30. The number of aromatic nitrogens is 1. The number of hydrogen-bond acceptors (Lipinski definition) is 6. The van der Waals surface area contributed by atoms with Crippen molar-refractivity contribution in [2.75, 3.05) is 13.2 Å². The summed E-state index contributed by atoms with van der Waals surface area (Å²) in [6.07, 6.45) is 1.79. The van der Waals surface area contributed by atoms with Crippen LogP contribution in [0.25, 0.3) is 0 Å². The van der Waals surface area contributed by atoms with Crippen LogP contribution in [0.15, 0.2) is 39.9 Å². The predicted molar refractivity (Wildman–Crippen MR) is 113 cm³/mol. The summed E-state index contributed by atoms with van der Waals surface area (Å²) in [5.74, 6) is 0.334. The fourth-order valence-corrected chi connectivity index (χ4v) is 5.38. The fraction of sp³-hybridized carbons (Fsp3) is 0.368. The number of nitrogens with zero attached hydrogens (tertiary/aromatic N) is 3. The van der Waals surface area contributed by atoms with Gasteiger partial charge in [-0.15, -0.1) is 0 Å². The summed E-state index contributed by atoms with van der Waals surface area (Å²) in [7, 11) is 0. The lowest BCUT2D eigenvalue weighted by Crippen LogP contribution is -2.29. The highest BCUT2D eigenvalue weighted by Crippen LogP contribution is 2.52. The third-order valence-corrected chi connectivity index (χ3v) is 7.23. The molecule has 2 aliphatic rings. The number of phenolic OH excluding ortho intramolecular Hbond substituents is 1. The van der Waals surface area contributed by atoms with Crippen LogP contribution in [0.2, 0.25) is 5.02 Å². The van der Waals surface area contributed by atoms with E-state index in [-0.39, 0.29) is 22.9 Å². The van der Waals surface area contributed by atoms with Crippen molar-refractivity contribution in [1.29, 1.82) is 0 Å². The molecular formula is C19H19BrClN3O2S. The molecule has 1 saturated heterocycles. The van der Waals surface area contributed by atoms with Gasteiger partial charge in [-0.05, 0) is 46.6 Å². The lowest BCUT2D eigenvalue weighted by molar-refractivity contribution is 0.306. The number of benzene rings is 1. The Kier molecular flexibility index (Phi) is 5.27. The highest BCUT2D eigenvalue weighted by molar-refractivity contribution is 9.10. The number of fused-ring (bicyclic) bond motifs is 1. The SMILES string of the molecule is CCOc1cc([C@@H]2[C@H](c3ccccn3)N=C3S[C@H](C)CN32)c(Br)c(Cl)c1O. The first-order valence-electron chi connectivity index (χ1n) is 8.77. The maximum atomic E-state index is 10.3. The van der Waals surface area contributed by atoms with Crippen molar-refractivity contribution in [2.24, 2.45) is 4.99 Å². The van der Waals surface area contributed by atoms with Crippen LogP contribution in [0.5, 0.6) is 11.5 Å². The summed E-state index contributed by atoms with van der Waals surface area (Å²) < 4.78 is 6.28. The summed E-state index contributed by atoms with van der Waals surface area (Å²) in [4.78, 5) is 11.8. The van der Waals surface area contributed by atoms with Crippen molar-refractivity contribution < 1.29 is 9.84 Å². The second-order valence-corrected chi connectivity index (χ2v) is 9.09. The third-order valence-electron chi connectivity index (χ3n) is 4.67. The molecule has 2 aliphatic heterocycles. The minimum Gasteiger partial charge on any atom is -0.503 e. The van der Waals surface area contributed by atoms with E-state index >= 15 is 0 Å². The smallest absolute Gasteiger partial charge is 0.177 e. The number of amidine groups is 1. The molecule has 1 aromatic heterocycles. The molecule has 2 aromatic rings. The molecule has 1 aromatic carbocycles. The molecule has 8 heteroatoms. The van der Waals surface area contributed by atoms with Gasteiger partial charge < -0.3 is 14.7 Å². The van der Waals surface area contributed by atoms with Crippen LogP contribution in [0.4, 0.5) is 0 Å². The van der Waals surface area contributed by atoms with E-state index < -0.39 is 0 Å². The first-order valence-corrected chi connectivity index (χ1v) is 10.8. The highest BCUT2D eigenvalue weighted by atomic mass is 79.9. The minimum atomic E-state index is -0.146. The molecule has 3 heterocycles. The van der Waals surface area contributed by atoms with Crippen LogP contribution in [0.3, 0.4) is 0 Å². The molecule has 142 valence electrons. The van der Waals surface area contributed by atoms with Crippen LogP contribution in [0.1, 0.15) is 37.2 Å². The average molecular weight is 469 g/mol. The van der Waals surface area contributed by atoms with Gasteiger partial charge >= 0.3 is 0 Å². The molecule has 0 amide bonds. The Bertz CT molecular complexity index is 896. The quantitative estimate of drug-likeness (QED) is 0.669. The maximum absolute atomic E-state index is 10.3. The van der Waals surface area contributed by atoms with Crippen LogP contribution in [-0.4, -0.2) is 38.6 Å². The highest BCUT2D eigenvalue weighted by Gasteiger charge is 2.44. The number of ether oxygens (including phenoxy) is 1. The lowest BCUT2D eigenvalue weighted by atomic mass is 9.96. The molecule has 27 heavy (non-hydrogen) atoms. The van der Waals surface area contributed by atoms with E-state index in [2.05, 4.69) is 32.7 Å². The average Bonchev–Trinajstić information content (AvgIpc) is 3.19. The Morgan fingerprint density at radius 1 is 1.44 bits per heavy atom. The van der Waals surface area contributed by atoms with Crippen LogP contribution in [-0.2, 0) is 0 Å². The van der Waals surface area contributed by atoms with Gasteiger partial charge in [0.15, 0.2) is 16.7 Å². The van der Waals surface area contributed by atoms with Gasteiger partial charge in [0.2, 0.25) is 0 Å². The molecule has 0 radical (unpaired) electrons. The van der Waals surface area contributed by atoms with Gasteiger partial charge in [0.25, 0.3) is 0 Å². The van der Waals surface area contributed by atoms with Crippen LogP contribution < -0.4 is 4.74 Å². The largest absolute Gasteiger partial charge is 0.503 e. The van der Waals surface area contributed by atoms with E-state index in [1.54, 1.807) is 18.0 Å². The number of rotatable bonds is 4. The van der Waals surface area contributed by atoms with Crippen molar-refractivity contribution in [3.63, 3.8) is 0 Å². The summed E-state index contributed by atoms with van der Waals surface area (Å²) in [6, 6.07) is 7.52. The number of pyridine rings is 1. The van der Waals surface area contributed by atoms with Gasteiger partial charge in [-0.3, -0.25) is 9.98 Å². The van der Waals surface area contributed by atoms with E-state index in [1.807, 2.05) is 31.2 Å². The number of hydrogen-bond donors (Lipinski definition) is 1. The first-order chi connectivity index (χ1) is 13.0. The molecule has 0 bridgehead atoms. The summed E-state index contributed by atoms with van der Waals surface area (Å²) in [6.45, 7) is 5.41. The topological polar surface area (TPSA) is 58.0 Å². The normalized spacial score (nSPS) is 24.1. The summed E-state index contributed by atoms with van der Waals surface area (Å²) >= 11 is 11.8. The van der Waals surface area contributed by atoms with E-state index in [9.17, 15) is 5.11 Å². The Labute approximate surface area is 175 Å². The van der Waals surface area contributed by atoms with E-state index in [1.165, 1.54) is 0 Å². The zero-order valence-corrected chi connectivity index (χ0v) is 18.1. The standard InChI is InChI=1S/C19H19BrClN3O2S/c1-3-26-13-8-11(14(20)15(21)18(13)25)17-16(12-6-4-5-7-22-12)23-19-24(17)9-10(2)27-19/h4-8,10,16-17,25H,3,9H2,1-2H3/t10-,16+,17-/m1/s1. The monoisotopic (exact) mass is 467 g/mol. The zero-order chi connectivity index (χ0) is 19.1. The molecule has 0 unspecified atom stereocenters. The Hall–Kier alpha value is -1.44. The number of halogens is 2. The molecule has 0 saturated carbocycles. The van der Waals surface area contributed by atoms with Crippen LogP contribution in [0, 0.1) is 0 Å². The Morgan fingerprint density at radius 2 is 2.26 bits per heavy atom. The van der Waals surface area contributed by atoms with E-state index in [0.29, 0.717) is 22.1 Å². The van der Waals surface area contributed by atoms with Crippen molar-refractivity contribution in [2.45, 2.75) is 31.2 Å². The van der Waals surface area contributed by atoms with Crippen molar-refractivity contribution in [3.05, 3.63) is 51.2 Å². The number of aliphatic imine (C=N–C) groups is 1. The maximum Gasteiger partial charge on any atom is 0.177 e. The Balaban J connectivity index is 1.85. The molecular weight excluding hydrogens is 450 g/mol. The molecule has 0 aliphatic carbocycles. The van der Waals surface area contributed by atoms with Gasteiger partial charge in [-0.1, -0.05) is 36.4 Å². The minimum absolute atomic E-state index is 0.0492. The van der Waals surface area contributed by atoms with Gasteiger partial charge in [0, 0.05) is 22.5 Å². The number of aromatic hydroxyl groups is 1. The predicted octanol–water partition coefficient (Wildman–Crippen LogP) is 5.19.